The predicted octanol–water partition coefficient (Wildman–Crippen LogP) is -1.76. The molecule has 0 aromatic heterocycles. The lowest BCUT2D eigenvalue weighted by atomic mass is 9.85. The van der Waals surface area contributed by atoms with Crippen molar-refractivity contribution in [2.24, 2.45) is 5.92 Å². The van der Waals surface area contributed by atoms with E-state index in [1.54, 1.807) is 0 Å². The molecule has 0 aliphatic carbocycles. The summed E-state index contributed by atoms with van der Waals surface area (Å²) in [5.74, 6) is -5.14. The highest BCUT2D eigenvalue weighted by molar-refractivity contribution is 5.75. The van der Waals surface area contributed by atoms with Crippen molar-refractivity contribution in [2.75, 3.05) is 6.67 Å². The highest BCUT2D eigenvalue weighted by Gasteiger charge is 2.52. The maximum Gasteiger partial charge on any atom is 0.364 e. The molecule has 1 saturated heterocycles. The number of alkyl halides is 1. The maximum atomic E-state index is 12.3. The summed E-state index contributed by atoms with van der Waals surface area (Å²) in [6.45, 7) is 0.181. The van der Waals surface area contributed by atoms with Gasteiger partial charge in [-0.3, -0.25) is 0 Å². The van der Waals surface area contributed by atoms with E-state index in [-0.39, 0.29) is 0 Å². The van der Waals surface area contributed by atoms with Gasteiger partial charge in [-0.1, -0.05) is 6.92 Å². The van der Waals surface area contributed by atoms with Crippen LogP contribution in [0.4, 0.5) is 4.39 Å². The van der Waals surface area contributed by atoms with Gasteiger partial charge in [0.25, 0.3) is 5.79 Å². The topological polar surface area (TPSA) is 127 Å². The Morgan fingerprint density at radius 1 is 1.56 bits per heavy atom. The first-order chi connectivity index (χ1) is 8.23. The van der Waals surface area contributed by atoms with Crippen LogP contribution in [0.1, 0.15) is 13.3 Å². The Morgan fingerprint density at radius 2 is 2.11 bits per heavy atom. The van der Waals surface area contributed by atoms with E-state index in [0.29, 0.717) is 0 Å². The molecule has 0 spiro atoms. The number of hydrogen-bond donors (Lipinski definition) is 5. The molecule has 0 radical (unpaired) electrons. The van der Waals surface area contributed by atoms with Crippen LogP contribution < -0.4 is 0 Å². The van der Waals surface area contributed by atoms with Crippen molar-refractivity contribution in [2.45, 2.75) is 43.5 Å². The molecular weight excluding hydrogens is 251 g/mol. The molecule has 1 aliphatic rings. The van der Waals surface area contributed by atoms with Crippen LogP contribution in [0.3, 0.4) is 0 Å². The van der Waals surface area contributed by atoms with Crippen LogP contribution in [-0.4, -0.2) is 68.4 Å². The lowest BCUT2D eigenvalue weighted by molar-refractivity contribution is -0.301. The minimum absolute atomic E-state index is 0.571. The molecule has 0 aromatic carbocycles. The Kier molecular flexibility index (Phi) is 4.62. The first-order valence-electron chi connectivity index (χ1n) is 5.46. The van der Waals surface area contributed by atoms with Crippen molar-refractivity contribution in [3.05, 3.63) is 0 Å². The quantitative estimate of drug-likeness (QED) is 0.408. The summed E-state index contributed by atoms with van der Waals surface area (Å²) in [5, 5.41) is 46.9. The number of ether oxygens (including phenoxy) is 1. The van der Waals surface area contributed by atoms with Crippen molar-refractivity contribution in [1.82, 2.24) is 0 Å². The average molecular weight is 268 g/mol. The number of carboxylic acids is 1. The highest BCUT2D eigenvalue weighted by Crippen LogP contribution is 2.33. The maximum absolute atomic E-state index is 12.3. The largest absolute Gasteiger partial charge is 0.477 e. The van der Waals surface area contributed by atoms with Gasteiger partial charge in [0.15, 0.2) is 0 Å². The van der Waals surface area contributed by atoms with Crippen LogP contribution in [-0.2, 0) is 9.53 Å². The zero-order chi connectivity index (χ0) is 14.1. The van der Waals surface area contributed by atoms with Gasteiger partial charge in [-0.2, -0.15) is 0 Å². The fourth-order valence-electron chi connectivity index (χ4n) is 1.90. The lowest BCUT2D eigenvalue weighted by Crippen LogP contribution is -2.60. The van der Waals surface area contributed by atoms with Gasteiger partial charge >= 0.3 is 5.97 Å². The predicted molar refractivity (Wildman–Crippen MR) is 55.2 cm³/mol. The van der Waals surface area contributed by atoms with Crippen molar-refractivity contribution in [1.29, 1.82) is 0 Å². The van der Waals surface area contributed by atoms with E-state index in [2.05, 4.69) is 0 Å². The molecule has 1 heterocycles. The van der Waals surface area contributed by atoms with E-state index in [1.807, 2.05) is 0 Å². The number of aliphatic carboxylic acids is 1. The zero-order valence-corrected chi connectivity index (χ0v) is 9.73. The molecule has 1 aliphatic heterocycles. The third-order valence-electron chi connectivity index (χ3n) is 3.17. The molecule has 5 N–H and O–H groups in total. The van der Waals surface area contributed by atoms with E-state index in [9.17, 15) is 29.6 Å². The molecule has 6 atom stereocenters. The summed E-state index contributed by atoms with van der Waals surface area (Å²) in [6, 6.07) is 0. The first-order valence-corrected chi connectivity index (χ1v) is 5.46. The highest BCUT2D eigenvalue weighted by atomic mass is 19.1. The summed E-state index contributed by atoms with van der Waals surface area (Å²) >= 11 is 0. The van der Waals surface area contributed by atoms with Crippen LogP contribution in [0.2, 0.25) is 0 Å². The number of carboxylic acid groups (broad SMARTS) is 1. The van der Waals surface area contributed by atoms with Gasteiger partial charge in [0.1, 0.15) is 18.9 Å². The smallest absolute Gasteiger partial charge is 0.364 e. The van der Waals surface area contributed by atoms with Crippen molar-refractivity contribution in [3.63, 3.8) is 0 Å². The van der Waals surface area contributed by atoms with Crippen LogP contribution in [0, 0.1) is 5.92 Å². The number of aliphatic hydroxyl groups excluding tert-OH is 3. The number of halogens is 1. The van der Waals surface area contributed by atoms with E-state index >= 15 is 0 Å². The molecule has 8 heteroatoms. The number of hydrogen-bond acceptors (Lipinski definition) is 6. The minimum atomic E-state index is -2.66. The van der Waals surface area contributed by atoms with Crippen LogP contribution in [0.25, 0.3) is 0 Å². The van der Waals surface area contributed by atoms with Gasteiger partial charge in [-0.15, -0.1) is 0 Å². The second kappa shape index (κ2) is 5.45. The number of aliphatic hydroxyl groups is 4. The van der Waals surface area contributed by atoms with Crippen molar-refractivity contribution in [3.8, 4) is 0 Å². The molecule has 106 valence electrons. The summed E-state index contributed by atoms with van der Waals surface area (Å²) in [4.78, 5) is 10.8. The Hall–Kier alpha value is -0.800. The lowest BCUT2D eigenvalue weighted by Gasteiger charge is -2.43. The number of rotatable bonds is 4. The van der Waals surface area contributed by atoms with E-state index in [4.69, 9.17) is 9.84 Å². The molecule has 1 fully saturated rings. The Balaban J connectivity index is 2.92. The summed E-state index contributed by atoms with van der Waals surface area (Å²) in [7, 11) is 0. The van der Waals surface area contributed by atoms with E-state index in [1.165, 1.54) is 6.92 Å². The standard InChI is InChI=1S/C10H17FO7/c1-4-5(12)2-10(17,9(15)16)18-8(4)7(14)6(13)3-11/h4-8,12-14,17H,2-3H2,1H3,(H,15,16)/t4-,5-,6-,7-,8?,10?/m1/s1. The molecule has 0 aromatic rings. The fraction of sp³-hybridized carbons (Fsp3) is 0.900. The second-order valence-corrected chi connectivity index (χ2v) is 4.51. The summed E-state index contributed by atoms with van der Waals surface area (Å²) in [6.07, 6.45) is -6.74. The van der Waals surface area contributed by atoms with Crippen LogP contribution in [0.5, 0.6) is 0 Å². The molecular formula is C10H17FO7. The molecule has 0 amide bonds. The molecule has 18 heavy (non-hydrogen) atoms. The Morgan fingerprint density at radius 3 is 2.56 bits per heavy atom. The third-order valence-corrected chi connectivity index (χ3v) is 3.17. The number of carbonyl (C=O) groups is 1. The Bertz CT molecular complexity index is 313. The fourth-order valence-corrected chi connectivity index (χ4v) is 1.90. The van der Waals surface area contributed by atoms with Crippen molar-refractivity contribution >= 4 is 5.97 Å². The normalized spacial score (nSPS) is 40.2. The summed E-state index contributed by atoms with van der Waals surface area (Å²) in [5.41, 5.74) is 0. The molecule has 7 nitrogen and oxygen atoms in total. The molecule has 0 saturated carbocycles. The van der Waals surface area contributed by atoms with Crippen LogP contribution in [0.15, 0.2) is 0 Å². The second-order valence-electron chi connectivity index (χ2n) is 4.51. The van der Waals surface area contributed by atoms with Gasteiger partial charge in [-0.25, -0.2) is 9.18 Å². The van der Waals surface area contributed by atoms with Gasteiger partial charge in [0.05, 0.1) is 12.2 Å². The summed E-state index contributed by atoms with van der Waals surface area (Å²) < 4.78 is 17.1. The van der Waals surface area contributed by atoms with Gasteiger partial charge < -0.3 is 30.3 Å². The first kappa shape index (κ1) is 15.3. The molecule has 1 rings (SSSR count). The zero-order valence-electron chi connectivity index (χ0n) is 9.73. The van der Waals surface area contributed by atoms with Crippen LogP contribution >= 0.6 is 0 Å². The Labute approximate surface area is 102 Å². The molecule has 0 bridgehead atoms. The van der Waals surface area contributed by atoms with E-state index < -0.39 is 55.2 Å². The third kappa shape index (κ3) is 2.78. The van der Waals surface area contributed by atoms with Crippen molar-refractivity contribution < 1.29 is 39.5 Å². The van der Waals surface area contributed by atoms with Gasteiger partial charge in [-0.05, 0) is 0 Å². The molecule has 2 unspecified atom stereocenters. The van der Waals surface area contributed by atoms with Gasteiger partial charge in [0.2, 0.25) is 0 Å². The minimum Gasteiger partial charge on any atom is -0.477 e. The SMILES string of the molecule is C[C@H]1C([C@H](O)[C@H](O)CF)OC(O)(C(=O)O)C[C@H]1O. The average Bonchev–Trinajstić information content (AvgIpc) is 2.31. The van der Waals surface area contributed by atoms with Gasteiger partial charge in [0, 0.05) is 12.3 Å². The monoisotopic (exact) mass is 268 g/mol. The van der Waals surface area contributed by atoms with E-state index in [0.717, 1.165) is 0 Å².